The Labute approximate surface area is 234 Å². The molecule has 0 aliphatic carbocycles. The minimum Gasteiger partial charge on any atom is -0.415 e. The summed E-state index contributed by atoms with van der Waals surface area (Å²) in [6.45, 7) is 11.1. The van der Waals surface area contributed by atoms with E-state index in [1.807, 2.05) is 22.6 Å². The second-order valence-corrected chi connectivity index (χ2v) is 10.2. The van der Waals surface area contributed by atoms with Crippen molar-refractivity contribution in [3.63, 3.8) is 0 Å². The number of allylic oxidation sites excluding steroid dienone is 1. The smallest absolute Gasteiger partial charge is 0.314 e. The zero-order valence-electron chi connectivity index (χ0n) is 21.6. The Morgan fingerprint density at radius 1 is 1.10 bits per heavy atom. The number of anilines is 1. The van der Waals surface area contributed by atoms with E-state index in [0.717, 1.165) is 38.4 Å². The highest BCUT2D eigenvalue weighted by atomic mass is 35.5. The Morgan fingerprint density at radius 3 is 2.44 bits per heavy atom. The molecule has 0 atom stereocenters. The number of hydrazine groups is 1. The average molecular weight is 585 g/mol. The molecular weight excluding hydrogens is 556 g/mol. The maximum atomic E-state index is 15.3. The van der Waals surface area contributed by atoms with Crippen molar-refractivity contribution < 1.29 is 22.0 Å². The van der Waals surface area contributed by atoms with Gasteiger partial charge in [-0.1, -0.05) is 36.2 Å². The van der Waals surface area contributed by atoms with Crippen molar-refractivity contribution >= 4 is 29.2 Å². The normalized spacial score (nSPS) is 14.4. The van der Waals surface area contributed by atoms with Crippen molar-refractivity contribution in [2.24, 2.45) is 0 Å². The molecule has 1 aliphatic rings. The van der Waals surface area contributed by atoms with Gasteiger partial charge in [-0.25, -0.2) is 8.78 Å². The van der Waals surface area contributed by atoms with Crippen LogP contribution in [-0.4, -0.2) is 69.9 Å². The van der Waals surface area contributed by atoms with E-state index < -0.39 is 24.0 Å². The van der Waals surface area contributed by atoms with Crippen molar-refractivity contribution in [2.75, 3.05) is 50.5 Å². The molecular formula is C26H29ClF4N6OS. The van der Waals surface area contributed by atoms with Crippen molar-refractivity contribution in [2.45, 2.75) is 19.9 Å². The molecule has 1 aromatic heterocycles. The SMILES string of the molecule is C=C(C)N1CCN(CCN(SC)N(Cc2ccc(-c3nnc(C(F)F)o3)cc2F)c2ccc(F)c(Cl)c2)CC1. The molecule has 210 valence electrons. The van der Waals surface area contributed by atoms with Crippen molar-refractivity contribution in [1.82, 2.24) is 24.4 Å². The Kier molecular flexibility index (Phi) is 9.76. The van der Waals surface area contributed by atoms with Gasteiger partial charge in [-0.05, 0) is 43.5 Å². The third-order valence-corrected chi connectivity index (χ3v) is 7.54. The molecule has 0 spiro atoms. The molecule has 2 heterocycles. The topological polar surface area (TPSA) is 51.9 Å². The van der Waals surface area contributed by atoms with Crippen LogP contribution in [0.15, 0.2) is 53.1 Å². The summed E-state index contributed by atoms with van der Waals surface area (Å²) in [5.41, 5.74) is 2.15. The van der Waals surface area contributed by atoms with E-state index in [-0.39, 0.29) is 23.0 Å². The van der Waals surface area contributed by atoms with Crippen molar-refractivity contribution in [3.8, 4) is 11.5 Å². The fourth-order valence-corrected chi connectivity index (χ4v) is 5.03. The molecule has 0 bridgehead atoms. The van der Waals surface area contributed by atoms with Gasteiger partial charge in [0, 0.05) is 56.1 Å². The molecule has 1 saturated heterocycles. The second-order valence-electron chi connectivity index (χ2n) is 9.03. The fraction of sp³-hybridized carbons (Fsp3) is 0.385. The van der Waals surface area contributed by atoms with Gasteiger partial charge in [0.05, 0.1) is 17.3 Å². The summed E-state index contributed by atoms with van der Waals surface area (Å²) in [7, 11) is 0. The minimum atomic E-state index is -2.92. The zero-order chi connectivity index (χ0) is 28.1. The van der Waals surface area contributed by atoms with Gasteiger partial charge in [0.1, 0.15) is 11.6 Å². The molecule has 39 heavy (non-hydrogen) atoms. The summed E-state index contributed by atoms with van der Waals surface area (Å²) < 4.78 is 61.8. The third kappa shape index (κ3) is 7.24. The molecule has 7 nitrogen and oxygen atoms in total. The van der Waals surface area contributed by atoms with E-state index >= 15 is 4.39 Å². The lowest BCUT2D eigenvalue weighted by molar-refractivity contribution is 0.116. The summed E-state index contributed by atoms with van der Waals surface area (Å²) >= 11 is 7.55. The monoisotopic (exact) mass is 584 g/mol. The molecule has 0 N–H and O–H groups in total. The van der Waals surface area contributed by atoms with E-state index in [1.54, 1.807) is 6.07 Å². The molecule has 0 unspecified atom stereocenters. The Balaban J connectivity index is 1.54. The zero-order valence-corrected chi connectivity index (χ0v) is 23.2. The van der Waals surface area contributed by atoms with E-state index in [2.05, 4.69) is 26.6 Å². The van der Waals surface area contributed by atoms with Gasteiger partial charge in [0.15, 0.2) is 0 Å². The van der Waals surface area contributed by atoms with E-state index in [1.165, 1.54) is 42.3 Å². The summed E-state index contributed by atoms with van der Waals surface area (Å²) in [5.74, 6) is -2.16. The summed E-state index contributed by atoms with van der Waals surface area (Å²) in [6, 6.07) is 8.59. The molecule has 0 amide bonds. The number of benzene rings is 2. The number of hydrogen-bond acceptors (Lipinski definition) is 8. The minimum absolute atomic E-state index is 0.0449. The van der Waals surface area contributed by atoms with Gasteiger partial charge in [-0.2, -0.15) is 13.2 Å². The van der Waals surface area contributed by atoms with Crippen LogP contribution in [0.3, 0.4) is 0 Å². The lowest BCUT2D eigenvalue weighted by Gasteiger charge is -2.39. The molecule has 0 radical (unpaired) electrons. The molecule has 1 aliphatic heterocycles. The van der Waals surface area contributed by atoms with Crippen LogP contribution in [0.25, 0.3) is 11.5 Å². The summed E-state index contributed by atoms with van der Waals surface area (Å²) in [5, 5.41) is 8.66. The van der Waals surface area contributed by atoms with Crippen LogP contribution < -0.4 is 5.01 Å². The van der Waals surface area contributed by atoms with E-state index in [4.69, 9.17) is 16.0 Å². The van der Waals surface area contributed by atoms with Gasteiger partial charge in [-0.3, -0.25) is 9.91 Å². The number of rotatable bonds is 11. The predicted molar refractivity (Wildman–Crippen MR) is 145 cm³/mol. The van der Waals surface area contributed by atoms with Crippen LogP contribution >= 0.6 is 23.5 Å². The molecule has 0 saturated carbocycles. The molecule has 3 aromatic rings. The second kappa shape index (κ2) is 13.0. The first-order chi connectivity index (χ1) is 18.7. The van der Waals surface area contributed by atoms with E-state index in [9.17, 15) is 13.2 Å². The standard InChI is InChI=1S/C26H29ClF4N6OS/c1-17(2)35-11-8-34(9-12-35)10-13-37(39-3)36(20-6-7-22(28)21(27)15-20)16-19-5-4-18(14-23(19)29)25-32-33-26(38-25)24(30)31/h4-7,14-15,24H,1,8-13,16H2,2-3H3. The van der Waals surface area contributed by atoms with Gasteiger partial charge in [0.25, 0.3) is 5.89 Å². The number of hydrogen-bond donors (Lipinski definition) is 0. The molecule has 1 fully saturated rings. The highest BCUT2D eigenvalue weighted by Crippen LogP contribution is 2.30. The third-order valence-electron chi connectivity index (χ3n) is 6.45. The van der Waals surface area contributed by atoms with Crippen LogP contribution in [0.5, 0.6) is 0 Å². The Hall–Kier alpha value is -2.80. The van der Waals surface area contributed by atoms with Gasteiger partial charge < -0.3 is 9.32 Å². The van der Waals surface area contributed by atoms with Gasteiger partial charge >= 0.3 is 6.43 Å². The number of aromatic nitrogens is 2. The number of nitrogens with zero attached hydrogens (tertiary/aromatic N) is 6. The quantitative estimate of drug-likeness (QED) is 0.149. The summed E-state index contributed by atoms with van der Waals surface area (Å²) in [4.78, 5) is 4.61. The van der Waals surface area contributed by atoms with Crippen LogP contribution in [0.4, 0.5) is 23.2 Å². The maximum absolute atomic E-state index is 15.3. The molecule has 13 heteroatoms. The lowest BCUT2D eigenvalue weighted by atomic mass is 10.1. The number of alkyl halides is 2. The van der Waals surface area contributed by atoms with Crippen LogP contribution in [0, 0.1) is 11.6 Å². The van der Waals surface area contributed by atoms with E-state index in [0.29, 0.717) is 17.8 Å². The number of halogens is 5. The van der Waals surface area contributed by atoms with Crippen molar-refractivity contribution in [1.29, 1.82) is 0 Å². The lowest BCUT2D eigenvalue weighted by Crippen LogP contribution is -2.48. The van der Waals surface area contributed by atoms with Crippen LogP contribution in [0.2, 0.25) is 5.02 Å². The summed E-state index contributed by atoms with van der Waals surface area (Å²) in [6.07, 6.45) is -1.01. The maximum Gasteiger partial charge on any atom is 0.314 e. The molecule has 4 rings (SSSR count). The highest BCUT2D eigenvalue weighted by molar-refractivity contribution is 7.96. The van der Waals surface area contributed by atoms with Gasteiger partial charge in [-0.15, -0.1) is 10.2 Å². The first-order valence-corrected chi connectivity index (χ1v) is 13.8. The Morgan fingerprint density at radius 2 is 1.85 bits per heavy atom. The first kappa shape index (κ1) is 29.2. The average Bonchev–Trinajstić information content (AvgIpc) is 3.42. The number of piperazine rings is 1. The molecule has 2 aromatic carbocycles. The first-order valence-electron chi connectivity index (χ1n) is 12.2. The van der Waals surface area contributed by atoms with Crippen molar-refractivity contribution in [3.05, 3.63) is 76.8 Å². The largest absolute Gasteiger partial charge is 0.415 e. The predicted octanol–water partition coefficient (Wildman–Crippen LogP) is 6.26. The van der Waals surface area contributed by atoms with Crippen LogP contribution in [0.1, 0.15) is 24.8 Å². The van der Waals surface area contributed by atoms with Crippen LogP contribution in [-0.2, 0) is 6.54 Å². The van der Waals surface area contributed by atoms with Gasteiger partial charge in [0.2, 0.25) is 5.89 Å². The fourth-order valence-electron chi connectivity index (χ4n) is 4.24. The Bertz CT molecular complexity index is 1290. The highest BCUT2D eigenvalue weighted by Gasteiger charge is 2.23.